The second-order valence-electron chi connectivity index (χ2n) is 4.33. The maximum absolute atomic E-state index is 12.0. The highest BCUT2D eigenvalue weighted by molar-refractivity contribution is 5.98. The van der Waals surface area contributed by atoms with Crippen molar-refractivity contribution in [2.45, 2.75) is 32.2 Å². The van der Waals surface area contributed by atoms with Gasteiger partial charge in [0.2, 0.25) is 0 Å². The number of hydrogen-bond acceptors (Lipinski definition) is 3. The summed E-state index contributed by atoms with van der Waals surface area (Å²) >= 11 is 0. The van der Waals surface area contributed by atoms with Gasteiger partial charge in [-0.25, -0.2) is 0 Å². The zero-order valence-corrected chi connectivity index (χ0v) is 10.2. The Morgan fingerprint density at radius 1 is 1.41 bits per heavy atom. The number of rotatable bonds is 7. The molecule has 0 bridgehead atoms. The molecule has 0 heterocycles. The molecule has 3 heteroatoms. The number of ether oxygens (including phenoxy) is 1. The minimum atomic E-state index is 0.155. The third kappa shape index (κ3) is 3.56. The molecule has 1 aromatic carbocycles. The van der Waals surface area contributed by atoms with E-state index in [-0.39, 0.29) is 5.78 Å². The maximum Gasteiger partial charge on any atom is 0.167 e. The number of ketones is 1. The quantitative estimate of drug-likeness (QED) is 0.735. The molecule has 0 atom stereocenters. The number of para-hydroxylation sites is 1. The van der Waals surface area contributed by atoms with Gasteiger partial charge in [0.1, 0.15) is 5.75 Å². The Kier molecular flexibility index (Phi) is 4.15. The van der Waals surface area contributed by atoms with E-state index < -0.39 is 0 Å². The lowest BCUT2D eigenvalue weighted by Crippen LogP contribution is -2.20. The second-order valence-corrected chi connectivity index (χ2v) is 4.33. The fraction of sp³-hybridized carbons (Fsp3) is 0.500. The Morgan fingerprint density at radius 3 is 2.88 bits per heavy atom. The van der Waals surface area contributed by atoms with Gasteiger partial charge in [-0.05, 0) is 31.9 Å². The number of carbonyl (C=O) groups excluding carboxylic acids is 1. The molecule has 0 saturated heterocycles. The standard InChI is InChI=1S/C14H19NO2/c1-2-17-14-6-4-3-5-12(14)13(16)9-10-15-11-7-8-11/h3-6,11,15H,2,7-10H2,1H3. The van der Waals surface area contributed by atoms with Crippen molar-refractivity contribution in [1.82, 2.24) is 5.32 Å². The van der Waals surface area contributed by atoms with Crippen LogP contribution in [0.25, 0.3) is 0 Å². The summed E-state index contributed by atoms with van der Waals surface area (Å²) < 4.78 is 5.46. The van der Waals surface area contributed by atoms with Gasteiger partial charge in [0.15, 0.2) is 5.78 Å². The van der Waals surface area contributed by atoms with Gasteiger partial charge in [-0.15, -0.1) is 0 Å². The number of Topliss-reactive ketones (excluding diaryl/α,β-unsaturated/α-hetero) is 1. The second kappa shape index (κ2) is 5.82. The van der Waals surface area contributed by atoms with E-state index in [4.69, 9.17) is 4.74 Å². The largest absolute Gasteiger partial charge is 0.493 e. The molecule has 1 saturated carbocycles. The van der Waals surface area contributed by atoms with E-state index in [2.05, 4.69) is 5.32 Å². The monoisotopic (exact) mass is 233 g/mol. The Bertz CT molecular complexity index is 386. The number of benzene rings is 1. The van der Waals surface area contributed by atoms with E-state index in [1.165, 1.54) is 12.8 Å². The number of nitrogens with one attached hydrogen (secondary N) is 1. The normalized spacial score (nSPS) is 14.6. The summed E-state index contributed by atoms with van der Waals surface area (Å²) in [7, 11) is 0. The highest BCUT2D eigenvalue weighted by atomic mass is 16.5. The SMILES string of the molecule is CCOc1ccccc1C(=O)CCNC1CC1. The highest BCUT2D eigenvalue weighted by Crippen LogP contribution is 2.21. The lowest BCUT2D eigenvalue weighted by Gasteiger charge is -2.09. The number of carbonyl (C=O) groups is 1. The molecule has 3 nitrogen and oxygen atoms in total. The predicted octanol–water partition coefficient (Wildman–Crippen LogP) is 2.41. The first kappa shape index (κ1) is 12.1. The van der Waals surface area contributed by atoms with Crippen molar-refractivity contribution in [3.63, 3.8) is 0 Å². The van der Waals surface area contributed by atoms with Gasteiger partial charge in [-0.3, -0.25) is 4.79 Å². The van der Waals surface area contributed by atoms with E-state index in [9.17, 15) is 4.79 Å². The molecular formula is C14H19NO2. The first-order valence-corrected chi connectivity index (χ1v) is 6.29. The zero-order chi connectivity index (χ0) is 12.1. The third-order valence-electron chi connectivity index (χ3n) is 2.85. The Morgan fingerprint density at radius 2 is 2.18 bits per heavy atom. The van der Waals surface area contributed by atoms with Crippen LogP contribution in [0.4, 0.5) is 0 Å². The molecule has 1 aliphatic rings. The Balaban J connectivity index is 1.91. The summed E-state index contributed by atoms with van der Waals surface area (Å²) in [5.41, 5.74) is 0.701. The van der Waals surface area contributed by atoms with Crippen molar-refractivity contribution < 1.29 is 9.53 Å². The minimum absolute atomic E-state index is 0.155. The van der Waals surface area contributed by atoms with Gasteiger partial charge in [-0.2, -0.15) is 0 Å². The molecule has 92 valence electrons. The van der Waals surface area contributed by atoms with Crippen molar-refractivity contribution in [2.75, 3.05) is 13.2 Å². The molecular weight excluding hydrogens is 214 g/mol. The molecule has 1 aliphatic carbocycles. The Labute approximate surface area is 102 Å². The molecule has 0 aliphatic heterocycles. The maximum atomic E-state index is 12.0. The fourth-order valence-electron chi connectivity index (χ4n) is 1.79. The molecule has 0 unspecified atom stereocenters. The fourth-order valence-corrected chi connectivity index (χ4v) is 1.79. The number of hydrogen-bond donors (Lipinski definition) is 1. The molecule has 1 fully saturated rings. The van der Waals surface area contributed by atoms with Gasteiger partial charge in [0, 0.05) is 19.0 Å². The van der Waals surface area contributed by atoms with Crippen LogP contribution in [0.5, 0.6) is 5.75 Å². The molecule has 0 radical (unpaired) electrons. The topological polar surface area (TPSA) is 38.3 Å². The lowest BCUT2D eigenvalue weighted by atomic mass is 10.1. The van der Waals surface area contributed by atoms with Gasteiger partial charge in [0.25, 0.3) is 0 Å². The van der Waals surface area contributed by atoms with E-state index in [1.54, 1.807) is 0 Å². The first-order chi connectivity index (χ1) is 8.31. The van der Waals surface area contributed by atoms with Crippen molar-refractivity contribution in [2.24, 2.45) is 0 Å². The van der Waals surface area contributed by atoms with Crippen LogP contribution >= 0.6 is 0 Å². The van der Waals surface area contributed by atoms with E-state index in [0.717, 1.165) is 6.54 Å². The summed E-state index contributed by atoms with van der Waals surface area (Å²) in [5.74, 6) is 0.855. The molecule has 2 rings (SSSR count). The van der Waals surface area contributed by atoms with Crippen LogP contribution < -0.4 is 10.1 Å². The molecule has 0 spiro atoms. The highest BCUT2D eigenvalue weighted by Gasteiger charge is 2.20. The average Bonchev–Trinajstić information content (AvgIpc) is 3.14. The smallest absolute Gasteiger partial charge is 0.167 e. The van der Waals surface area contributed by atoms with Crippen LogP contribution in [0.2, 0.25) is 0 Å². The van der Waals surface area contributed by atoms with E-state index in [0.29, 0.717) is 30.4 Å². The van der Waals surface area contributed by atoms with E-state index in [1.807, 2.05) is 31.2 Å². The van der Waals surface area contributed by atoms with E-state index >= 15 is 0 Å². The molecule has 1 aromatic rings. The Hall–Kier alpha value is -1.35. The summed E-state index contributed by atoms with van der Waals surface area (Å²) in [6.07, 6.45) is 3.05. The lowest BCUT2D eigenvalue weighted by molar-refractivity contribution is 0.0979. The summed E-state index contributed by atoms with van der Waals surface area (Å²) in [4.78, 5) is 12.0. The van der Waals surface area contributed by atoms with Gasteiger partial charge in [0.05, 0.1) is 12.2 Å². The van der Waals surface area contributed by atoms with Gasteiger partial charge in [-0.1, -0.05) is 12.1 Å². The van der Waals surface area contributed by atoms with Crippen LogP contribution in [0, 0.1) is 0 Å². The molecule has 0 aromatic heterocycles. The van der Waals surface area contributed by atoms with Gasteiger partial charge < -0.3 is 10.1 Å². The molecule has 17 heavy (non-hydrogen) atoms. The van der Waals surface area contributed by atoms with Crippen LogP contribution in [-0.4, -0.2) is 25.0 Å². The average molecular weight is 233 g/mol. The van der Waals surface area contributed by atoms with Crippen LogP contribution in [0.3, 0.4) is 0 Å². The minimum Gasteiger partial charge on any atom is -0.493 e. The summed E-state index contributed by atoms with van der Waals surface area (Å²) in [5, 5.41) is 3.35. The van der Waals surface area contributed by atoms with Crippen molar-refractivity contribution in [3.05, 3.63) is 29.8 Å². The predicted molar refractivity (Wildman–Crippen MR) is 67.6 cm³/mol. The van der Waals surface area contributed by atoms with Crippen molar-refractivity contribution in [3.8, 4) is 5.75 Å². The third-order valence-corrected chi connectivity index (χ3v) is 2.85. The molecule has 1 N–H and O–H groups in total. The van der Waals surface area contributed by atoms with Crippen molar-refractivity contribution >= 4 is 5.78 Å². The van der Waals surface area contributed by atoms with Crippen LogP contribution in [-0.2, 0) is 0 Å². The summed E-state index contributed by atoms with van der Waals surface area (Å²) in [6.45, 7) is 3.28. The molecule has 0 amide bonds. The van der Waals surface area contributed by atoms with Crippen LogP contribution in [0.15, 0.2) is 24.3 Å². The van der Waals surface area contributed by atoms with Crippen LogP contribution in [0.1, 0.15) is 36.5 Å². The first-order valence-electron chi connectivity index (χ1n) is 6.29. The summed E-state index contributed by atoms with van der Waals surface area (Å²) in [6, 6.07) is 8.12. The van der Waals surface area contributed by atoms with Gasteiger partial charge >= 0.3 is 0 Å². The zero-order valence-electron chi connectivity index (χ0n) is 10.2. The van der Waals surface area contributed by atoms with Crippen molar-refractivity contribution in [1.29, 1.82) is 0 Å².